The van der Waals surface area contributed by atoms with Crippen LogP contribution >= 0.6 is 0 Å². The van der Waals surface area contributed by atoms with Gasteiger partial charge in [-0.15, -0.1) is 0 Å². The molecule has 1 fully saturated rings. The highest BCUT2D eigenvalue weighted by Crippen LogP contribution is 2.32. The van der Waals surface area contributed by atoms with Gasteiger partial charge in [-0.1, -0.05) is 45.1 Å². The van der Waals surface area contributed by atoms with Crippen molar-refractivity contribution in [3.05, 3.63) is 29.3 Å². The third-order valence-corrected chi connectivity index (χ3v) is 9.51. The maximum absolute atomic E-state index is 13.2. The van der Waals surface area contributed by atoms with Gasteiger partial charge in [0.05, 0.1) is 116 Å². The van der Waals surface area contributed by atoms with Gasteiger partial charge in [0.1, 0.15) is 12.6 Å². The highest BCUT2D eigenvalue weighted by Gasteiger charge is 2.45. The predicted molar refractivity (Wildman–Crippen MR) is 221 cm³/mol. The van der Waals surface area contributed by atoms with Gasteiger partial charge in [-0.05, 0) is 37.8 Å². The van der Waals surface area contributed by atoms with Crippen LogP contribution in [-0.2, 0) is 61.8 Å². The van der Waals surface area contributed by atoms with Crippen molar-refractivity contribution in [1.29, 1.82) is 0 Å². The molecule has 2 N–H and O–H groups in total. The van der Waals surface area contributed by atoms with Crippen molar-refractivity contribution >= 4 is 41.2 Å². The van der Waals surface area contributed by atoms with Gasteiger partial charge in [0.15, 0.2) is 0 Å². The first-order valence-electron chi connectivity index (χ1n) is 21.8. The average molecular weight is 866 g/mol. The summed E-state index contributed by atoms with van der Waals surface area (Å²) in [5.74, 6) is -2.89. The van der Waals surface area contributed by atoms with Gasteiger partial charge in [0, 0.05) is 25.9 Å². The second-order valence-corrected chi connectivity index (χ2v) is 14.3. The molecule has 18 nitrogen and oxygen atoms in total. The van der Waals surface area contributed by atoms with E-state index in [2.05, 4.69) is 17.6 Å². The molecule has 1 unspecified atom stereocenters. The highest BCUT2D eigenvalue weighted by molar-refractivity contribution is 6.26. The summed E-state index contributed by atoms with van der Waals surface area (Å²) >= 11 is 0. The fraction of sp³-hybridized carbons (Fsp3) is 0.721. The predicted octanol–water partition coefficient (Wildman–Crippen LogP) is 3.62. The van der Waals surface area contributed by atoms with E-state index in [4.69, 9.17) is 42.6 Å². The van der Waals surface area contributed by atoms with E-state index in [1.807, 2.05) is 0 Å². The lowest BCUT2D eigenvalue weighted by atomic mass is 10.0. The van der Waals surface area contributed by atoms with Crippen LogP contribution in [0.5, 0.6) is 0 Å². The number of hydrogen-bond donors (Lipinski definition) is 2. The summed E-state index contributed by atoms with van der Waals surface area (Å²) in [6.45, 7) is 9.66. The van der Waals surface area contributed by atoms with Gasteiger partial charge in [-0.2, -0.15) is 0 Å². The smallest absolute Gasteiger partial charge is 0.305 e. The quantitative estimate of drug-likeness (QED) is 0.0552. The van der Waals surface area contributed by atoms with Crippen LogP contribution in [0.2, 0.25) is 0 Å². The summed E-state index contributed by atoms with van der Waals surface area (Å²) in [6.07, 6.45) is 8.43. The molecule has 0 saturated carbocycles. The second kappa shape index (κ2) is 32.8. The van der Waals surface area contributed by atoms with E-state index in [9.17, 15) is 28.8 Å². The standard InChI is InChI=1S/C43H67N3O15/c1-2-3-4-5-8-14-39(49)61-33-32-60-31-30-59-29-28-58-27-26-57-25-24-56-23-22-55-21-20-54-19-18-53-17-9-6-7-13-37(47)44-35-12-10-11-34-40(35)43(52)46(42(34)51)36-15-16-38(48)45-41(36)50/h10-12,36H,2-9,13-33H2,1H3,(H,44,47)(H,45,48,50). The monoisotopic (exact) mass is 865 g/mol. The Balaban J connectivity index is 1.01. The molecule has 18 heteroatoms. The zero-order valence-electron chi connectivity index (χ0n) is 35.9. The van der Waals surface area contributed by atoms with E-state index >= 15 is 0 Å². The summed E-state index contributed by atoms with van der Waals surface area (Å²) in [5.41, 5.74) is 0.376. The molecule has 1 saturated heterocycles. The van der Waals surface area contributed by atoms with Gasteiger partial charge in [-0.25, -0.2) is 0 Å². The SMILES string of the molecule is CCCCCCCC(=O)OCCOCCOCCOCCOCCOCCOCCOCCOCCCCCC(=O)Nc1cccc2c1C(=O)N(C1CCC(=O)NC1=O)C2=O. The van der Waals surface area contributed by atoms with Crippen LogP contribution in [0.1, 0.15) is 105 Å². The number of nitrogens with one attached hydrogen (secondary N) is 2. The Kier molecular flexibility index (Phi) is 27.7. The van der Waals surface area contributed by atoms with E-state index in [0.717, 1.165) is 30.6 Å². The van der Waals surface area contributed by atoms with Crippen molar-refractivity contribution < 1.29 is 71.4 Å². The van der Waals surface area contributed by atoms with Crippen molar-refractivity contribution in [3.8, 4) is 0 Å². The van der Waals surface area contributed by atoms with Crippen molar-refractivity contribution in [3.63, 3.8) is 0 Å². The third-order valence-electron chi connectivity index (χ3n) is 9.51. The molecular weight excluding hydrogens is 798 g/mol. The first-order chi connectivity index (χ1) is 29.8. The lowest BCUT2D eigenvalue weighted by Crippen LogP contribution is -2.54. The number of piperidine rings is 1. The molecule has 1 atom stereocenters. The minimum absolute atomic E-state index is 0.0266. The maximum atomic E-state index is 13.2. The number of unbranched alkanes of at least 4 members (excludes halogenated alkanes) is 6. The molecule has 2 aliphatic rings. The van der Waals surface area contributed by atoms with E-state index in [1.165, 1.54) is 25.3 Å². The minimum Gasteiger partial charge on any atom is -0.463 e. The van der Waals surface area contributed by atoms with Crippen molar-refractivity contribution in [2.75, 3.05) is 118 Å². The first-order valence-corrected chi connectivity index (χ1v) is 21.8. The molecule has 1 aromatic rings. The zero-order chi connectivity index (χ0) is 43.8. The highest BCUT2D eigenvalue weighted by atomic mass is 16.6. The third kappa shape index (κ3) is 21.7. The number of anilines is 1. The van der Waals surface area contributed by atoms with Crippen LogP contribution in [0.3, 0.4) is 0 Å². The van der Waals surface area contributed by atoms with Crippen molar-refractivity contribution in [2.45, 2.75) is 90.0 Å². The van der Waals surface area contributed by atoms with Crippen molar-refractivity contribution in [2.24, 2.45) is 0 Å². The summed E-state index contributed by atoms with van der Waals surface area (Å²) in [4.78, 5) is 75.2. The summed E-state index contributed by atoms with van der Waals surface area (Å²) in [5, 5.41) is 4.90. The van der Waals surface area contributed by atoms with Gasteiger partial charge >= 0.3 is 5.97 Å². The molecule has 5 amide bonds. The van der Waals surface area contributed by atoms with Crippen LogP contribution in [0.25, 0.3) is 0 Å². The molecular formula is C43H67N3O15. The molecule has 3 rings (SSSR count). The molecule has 0 spiro atoms. The van der Waals surface area contributed by atoms with E-state index < -0.39 is 29.7 Å². The minimum atomic E-state index is -1.08. The number of carbonyl (C=O) groups excluding carboxylic acids is 6. The topological polar surface area (TPSA) is 213 Å². The summed E-state index contributed by atoms with van der Waals surface area (Å²) in [6, 6.07) is 3.52. The average Bonchev–Trinajstić information content (AvgIpc) is 3.50. The Hall–Kier alpha value is -3.88. The number of rotatable bonds is 38. The number of nitrogens with zero attached hydrogens (tertiary/aromatic N) is 1. The lowest BCUT2D eigenvalue weighted by Gasteiger charge is -2.27. The normalized spacial score (nSPS) is 15.0. The number of hydrogen-bond acceptors (Lipinski definition) is 15. The molecule has 1 aromatic carbocycles. The molecule has 0 bridgehead atoms. The Morgan fingerprint density at radius 1 is 0.607 bits per heavy atom. The van der Waals surface area contributed by atoms with Crippen LogP contribution in [0.15, 0.2) is 18.2 Å². The maximum Gasteiger partial charge on any atom is 0.305 e. The zero-order valence-corrected chi connectivity index (χ0v) is 35.9. The molecule has 2 aliphatic heterocycles. The number of amides is 5. The molecule has 0 radical (unpaired) electrons. The van der Waals surface area contributed by atoms with Crippen LogP contribution in [0, 0.1) is 0 Å². The lowest BCUT2D eigenvalue weighted by molar-refractivity contribution is -0.145. The number of fused-ring (bicyclic) bond motifs is 1. The number of imide groups is 2. The van der Waals surface area contributed by atoms with Crippen molar-refractivity contribution in [1.82, 2.24) is 10.2 Å². The van der Waals surface area contributed by atoms with Gasteiger partial charge in [0.2, 0.25) is 17.7 Å². The number of esters is 1. The number of benzene rings is 1. The Bertz CT molecular complexity index is 1460. The molecule has 0 aliphatic carbocycles. The second-order valence-electron chi connectivity index (χ2n) is 14.3. The van der Waals surface area contributed by atoms with Crippen LogP contribution in [-0.4, -0.2) is 159 Å². The number of ether oxygens (including phenoxy) is 9. The van der Waals surface area contributed by atoms with Crippen LogP contribution < -0.4 is 10.6 Å². The van der Waals surface area contributed by atoms with E-state index in [1.54, 1.807) is 12.1 Å². The molecule has 2 heterocycles. The summed E-state index contributed by atoms with van der Waals surface area (Å²) < 4.78 is 49.1. The van der Waals surface area contributed by atoms with Gasteiger partial charge in [0.25, 0.3) is 11.8 Å². The fourth-order valence-corrected chi connectivity index (χ4v) is 6.30. The van der Waals surface area contributed by atoms with Gasteiger partial charge < -0.3 is 47.9 Å². The van der Waals surface area contributed by atoms with E-state index in [0.29, 0.717) is 119 Å². The Morgan fingerprint density at radius 2 is 1.10 bits per heavy atom. The number of carbonyl (C=O) groups is 6. The molecule has 0 aromatic heterocycles. The largest absolute Gasteiger partial charge is 0.463 e. The molecule has 344 valence electrons. The fourth-order valence-electron chi connectivity index (χ4n) is 6.30. The first kappa shape index (κ1) is 51.5. The van der Waals surface area contributed by atoms with E-state index in [-0.39, 0.29) is 54.6 Å². The Labute approximate surface area is 359 Å². The summed E-state index contributed by atoms with van der Waals surface area (Å²) in [7, 11) is 0. The van der Waals surface area contributed by atoms with Gasteiger partial charge in [-0.3, -0.25) is 39.0 Å². The van der Waals surface area contributed by atoms with Crippen LogP contribution in [0.4, 0.5) is 5.69 Å². The Morgan fingerprint density at radius 3 is 1.64 bits per heavy atom. The molecule has 61 heavy (non-hydrogen) atoms.